The van der Waals surface area contributed by atoms with Gasteiger partial charge in [0.05, 0.1) is 0 Å². The van der Waals surface area contributed by atoms with E-state index >= 15 is 0 Å². The summed E-state index contributed by atoms with van der Waals surface area (Å²) in [6, 6.07) is 31.9. The van der Waals surface area contributed by atoms with Crippen LogP contribution < -0.4 is 5.32 Å². The molecule has 3 heteroatoms. The molecule has 0 saturated carbocycles. The van der Waals surface area contributed by atoms with E-state index in [2.05, 4.69) is 107 Å². The number of rotatable bonds is 8. The molecular weight excluding hydrogens is 414 g/mol. The van der Waals surface area contributed by atoms with Gasteiger partial charge in [-0.25, -0.2) is 0 Å². The molecule has 34 heavy (non-hydrogen) atoms. The van der Waals surface area contributed by atoms with Crippen molar-refractivity contribution in [3.8, 4) is 0 Å². The molecule has 0 radical (unpaired) electrons. The highest BCUT2D eigenvalue weighted by molar-refractivity contribution is 5.53. The van der Waals surface area contributed by atoms with Crippen LogP contribution in [0.5, 0.6) is 0 Å². The normalized spacial score (nSPS) is 20.0. The van der Waals surface area contributed by atoms with Gasteiger partial charge in [-0.3, -0.25) is 4.90 Å². The number of aryl methyl sites for hydroxylation is 1. The predicted octanol–water partition coefficient (Wildman–Crippen LogP) is 6.22. The molecule has 3 aromatic carbocycles. The van der Waals surface area contributed by atoms with Crippen molar-refractivity contribution in [3.05, 3.63) is 102 Å². The minimum atomic E-state index is 0.511. The summed E-state index contributed by atoms with van der Waals surface area (Å²) in [7, 11) is 0. The zero-order valence-corrected chi connectivity index (χ0v) is 20.6. The lowest BCUT2D eigenvalue weighted by Gasteiger charge is -2.41. The van der Waals surface area contributed by atoms with Gasteiger partial charge in [0.2, 0.25) is 0 Å². The minimum absolute atomic E-state index is 0.511. The third-order valence-corrected chi connectivity index (χ3v) is 7.89. The summed E-state index contributed by atoms with van der Waals surface area (Å²) >= 11 is 0. The molecule has 3 nitrogen and oxygen atoms in total. The summed E-state index contributed by atoms with van der Waals surface area (Å²) in [5, 5.41) is 3.87. The molecule has 0 aliphatic carbocycles. The lowest BCUT2D eigenvalue weighted by molar-refractivity contribution is 0.105. The number of nitrogens with one attached hydrogen (secondary N) is 1. The summed E-state index contributed by atoms with van der Waals surface area (Å²) in [6.07, 6.45) is 5.12. The van der Waals surface area contributed by atoms with Crippen LogP contribution in [0, 0.1) is 5.92 Å². The van der Waals surface area contributed by atoms with Crippen LogP contribution in [0.1, 0.15) is 42.9 Å². The smallest absolute Gasteiger partial charge is 0.0374 e. The van der Waals surface area contributed by atoms with Crippen LogP contribution in [0.3, 0.4) is 0 Å². The molecule has 2 atom stereocenters. The van der Waals surface area contributed by atoms with Crippen molar-refractivity contribution < 1.29 is 0 Å². The number of anilines is 1. The number of fused-ring (bicyclic) bond motifs is 1. The number of para-hydroxylation sites is 1. The molecule has 5 rings (SSSR count). The van der Waals surface area contributed by atoms with Gasteiger partial charge in [-0.05, 0) is 74.4 Å². The summed E-state index contributed by atoms with van der Waals surface area (Å²) in [4.78, 5) is 5.36. The molecule has 1 N–H and O–H groups in total. The Morgan fingerprint density at radius 3 is 2.03 bits per heavy atom. The van der Waals surface area contributed by atoms with E-state index in [4.69, 9.17) is 0 Å². The molecule has 1 saturated heterocycles. The van der Waals surface area contributed by atoms with E-state index in [-0.39, 0.29) is 0 Å². The quantitative estimate of drug-likeness (QED) is 0.437. The highest BCUT2D eigenvalue weighted by Crippen LogP contribution is 2.32. The summed E-state index contributed by atoms with van der Waals surface area (Å²) in [5.41, 5.74) is 5.65. The number of hydrogen-bond acceptors (Lipinski definition) is 3. The Balaban J connectivity index is 1.17. The molecule has 1 unspecified atom stereocenters. The highest BCUT2D eigenvalue weighted by Gasteiger charge is 2.30. The first-order valence-corrected chi connectivity index (χ1v) is 13.1. The number of likely N-dealkylation sites (tertiary alicyclic amines) is 1. The van der Waals surface area contributed by atoms with Gasteiger partial charge in [0.25, 0.3) is 0 Å². The lowest BCUT2D eigenvalue weighted by atomic mass is 9.83. The monoisotopic (exact) mass is 453 g/mol. The van der Waals surface area contributed by atoms with Crippen molar-refractivity contribution in [2.24, 2.45) is 5.92 Å². The third kappa shape index (κ3) is 5.89. The summed E-state index contributed by atoms with van der Waals surface area (Å²) in [5.74, 6) is 0.796. The van der Waals surface area contributed by atoms with E-state index in [0.717, 1.165) is 25.6 Å². The van der Waals surface area contributed by atoms with E-state index in [1.165, 1.54) is 61.2 Å². The zero-order chi connectivity index (χ0) is 23.2. The molecule has 0 aromatic heterocycles. The fourth-order valence-electron chi connectivity index (χ4n) is 5.85. The Hall–Kier alpha value is -2.62. The van der Waals surface area contributed by atoms with Crippen molar-refractivity contribution >= 4 is 5.69 Å². The Kier molecular flexibility index (Phi) is 7.62. The van der Waals surface area contributed by atoms with Gasteiger partial charge in [0.1, 0.15) is 0 Å². The van der Waals surface area contributed by atoms with E-state index in [1.807, 2.05) is 0 Å². The highest BCUT2D eigenvalue weighted by atomic mass is 15.2. The fourth-order valence-corrected chi connectivity index (χ4v) is 5.85. The molecule has 0 bridgehead atoms. The van der Waals surface area contributed by atoms with E-state index < -0.39 is 0 Å². The molecule has 2 heterocycles. The van der Waals surface area contributed by atoms with Crippen LogP contribution in [0.4, 0.5) is 5.69 Å². The largest absolute Gasteiger partial charge is 0.382 e. The first kappa shape index (κ1) is 23.1. The van der Waals surface area contributed by atoms with Gasteiger partial charge >= 0.3 is 0 Å². The van der Waals surface area contributed by atoms with Crippen molar-refractivity contribution in [1.29, 1.82) is 0 Å². The molecule has 3 aromatic rings. The van der Waals surface area contributed by atoms with E-state index in [9.17, 15) is 0 Å². The van der Waals surface area contributed by atoms with Gasteiger partial charge in [-0.15, -0.1) is 0 Å². The van der Waals surface area contributed by atoms with Crippen molar-refractivity contribution in [2.45, 2.75) is 57.8 Å². The Bertz CT molecular complexity index is 970. The molecule has 0 spiro atoms. The van der Waals surface area contributed by atoms with Crippen LogP contribution in [0.2, 0.25) is 0 Å². The maximum absolute atomic E-state index is 3.87. The Labute approximate surface area is 205 Å². The van der Waals surface area contributed by atoms with Gasteiger partial charge < -0.3 is 10.2 Å². The second-order valence-corrected chi connectivity index (χ2v) is 10.3. The maximum Gasteiger partial charge on any atom is 0.0374 e. The van der Waals surface area contributed by atoms with Gasteiger partial charge in [-0.1, -0.05) is 78.9 Å². The molecule has 2 aliphatic rings. The minimum Gasteiger partial charge on any atom is -0.382 e. The van der Waals surface area contributed by atoms with Crippen molar-refractivity contribution in [3.63, 3.8) is 0 Å². The lowest BCUT2D eigenvalue weighted by Crippen LogP contribution is -2.46. The number of piperidine rings is 1. The van der Waals surface area contributed by atoms with Crippen LogP contribution in [-0.2, 0) is 19.5 Å². The predicted molar refractivity (Wildman–Crippen MR) is 143 cm³/mol. The Morgan fingerprint density at radius 1 is 0.794 bits per heavy atom. The second kappa shape index (κ2) is 11.2. The van der Waals surface area contributed by atoms with Gasteiger partial charge in [0.15, 0.2) is 0 Å². The SMILES string of the molecule is C[C@@H](CN1CCC(C2CCc3ccccc3N2)CC1)N(Cc1ccccc1)Cc1ccccc1. The van der Waals surface area contributed by atoms with Crippen LogP contribution in [-0.4, -0.2) is 41.5 Å². The van der Waals surface area contributed by atoms with Crippen LogP contribution in [0.25, 0.3) is 0 Å². The second-order valence-electron chi connectivity index (χ2n) is 10.3. The average molecular weight is 454 g/mol. The topological polar surface area (TPSA) is 18.5 Å². The Morgan fingerprint density at radius 2 is 1.38 bits per heavy atom. The molecule has 0 amide bonds. The molecule has 1 fully saturated rings. The first-order valence-electron chi connectivity index (χ1n) is 13.1. The standard InChI is InChI=1S/C31H39N3/c1-25(34(23-26-10-4-2-5-11-26)24-27-12-6-3-7-13-27)22-33-20-18-29(19-21-33)31-17-16-28-14-8-9-15-30(28)32-31/h2-15,25,29,31-32H,16-24H2,1H3/t25-,31?/m0/s1. The van der Waals surface area contributed by atoms with E-state index in [1.54, 1.807) is 0 Å². The van der Waals surface area contributed by atoms with Crippen molar-refractivity contribution in [1.82, 2.24) is 9.80 Å². The number of hydrogen-bond donors (Lipinski definition) is 1. The number of nitrogens with zero attached hydrogens (tertiary/aromatic N) is 2. The molecular formula is C31H39N3. The van der Waals surface area contributed by atoms with Gasteiger partial charge in [-0.2, -0.15) is 0 Å². The molecule has 178 valence electrons. The van der Waals surface area contributed by atoms with Crippen molar-refractivity contribution in [2.75, 3.05) is 25.0 Å². The zero-order valence-electron chi connectivity index (χ0n) is 20.6. The third-order valence-electron chi connectivity index (χ3n) is 7.89. The van der Waals surface area contributed by atoms with Crippen LogP contribution >= 0.6 is 0 Å². The van der Waals surface area contributed by atoms with Gasteiger partial charge in [0, 0.05) is 37.4 Å². The number of benzene rings is 3. The summed E-state index contributed by atoms with van der Waals surface area (Å²) < 4.78 is 0. The fraction of sp³-hybridized carbons (Fsp3) is 0.419. The van der Waals surface area contributed by atoms with E-state index in [0.29, 0.717) is 12.1 Å². The maximum atomic E-state index is 3.87. The first-order chi connectivity index (χ1) is 16.7. The molecule has 2 aliphatic heterocycles. The summed E-state index contributed by atoms with van der Waals surface area (Å²) in [6.45, 7) is 8.00. The average Bonchev–Trinajstić information content (AvgIpc) is 2.90. The van der Waals surface area contributed by atoms with Crippen LogP contribution in [0.15, 0.2) is 84.9 Å².